The third-order valence-corrected chi connectivity index (χ3v) is 3.39. The molecular formula is C16H17ClN2O. The molecule has 1 aromatic heterocycles. The molecular weight excluding hydrogens is 272 g/mol. The smallest absolute Gasteiger partial charge is 0.219 e. The van der Waals surface area contributed by atoms with Gasteiger partial charge in [-0.3, -0.25) is 9.78 Å². The third kappa shape index (κ3) is 3.81. The van der Waals surface area contributed by atoms with Crippen LogP contribution in [-0.4, -0.2) is 17.4 Å². The van der Waals surface area contributed by atoms with Crippen LogP contribution in [0.5, 0.6) is 0 Å². The summed E-state index contributed by atoms with van der Waals surface area (Å²) in [5.41, 5.74) is 2.02. The molecule has 2 aromatic rings. The van der Waals surface area contributed by atoms with E-state index in [0.29, 0.717) is 18.0 Å². The molecule has 0 bridgehead atoms. The van der Waals surface area contributed by atoms with Crippen LogP contribution in [0.4, 0.5) is 0 Å². The summed E-state index contributed by atoms with van der Waals surface area (Å²) >= 11 is 5.93. The summed E-state index contributed by atoms with van der Waals surface area (Å²) in [6, 6.07) is 13.5. The highest BCUT2D eigenvalue weighted by atomic mass is 35.5. The van der Waals surface area contributed by atoms with Crippen molar-refractivity contribution in [2.75, 3.05) is 6.54 Å². The molecule has 1 N–H and O–H groups in total. The molecule has 0 aliphatic rings. The minimum absolute atomic E-state index is 0.0315. The summed E-state index contributed by atoms with van der Waals surface area (Å²) in [4.78, 5) is 15.9. The van der Waals surface area contributed by atoms with E-state index in [2.05, 4.69) is 10.3 Å². The van der Waals surface area contributed by atoms with Crippen LogP contribution in [0.2, 0.25) is 5.02 Å². The Hall–Kier alpha value is -1.87. The molecule has 104 valence electrons. The van der Waals surface area contributed by atoms with Gasteiger partial charge >= 0.3 is 0 Å². The largest absolute Gasteiger partial charge is 0.355 e. The summed E-state index contributed by atoms with van der Waals surface area (Å²) < 4.78 is 0. The van der Waals surface area contributed by atoms with Gasteiger partial charge in [0.15, 0.2) is 0 Å². The maximum absolute atomic E-state index is 11.5. The number of nitrogens with zero attached hydrogens (tertiary/aromatic N) is 1. The van der Waals surface area contributed by atoms with E-state index in [1.165, 1.54) is 0 Å². The molecule has 0 aliphatic heterocycles. The monoisotopic (exact) mass is 288 g/mol. The van der Waals surface area contributed by atoms with Gasteiger partial charge < -0.3 is 5.32 Å². The zero-order valence-electron chi connectivity index (χ0n) is 11.3. The van der Waals surface area contributed by atoms with Gasteiger partial charge in [0.05, 0.1) is 0 Å². The normalized spacial score (nSPS) is 11.9. The summed E-state index contributed by atoms with van der Waals surface area (Å²) in [7, 11) is 0. The second-order valence-electron chi connectivity index (χ2n) is 4.52. The molecule has 2 rings (SSSR count). The van der Waals surface area contributed by atoms with Crippen molar-refractivity contribution in [1.29, 1.82) is 0 Å². The predicted octanol–water partition coefficient (Wildman–Crippen LogP) is 3.39. The summed E-state index contributed by atoms with van der Waals surface area (Å²) in [6.45, 7) is 2.37. The maximum atomic E-state index is 11.5. The molecule has 1 unspecified atom stereocenters. The van der Waals surface area contributed by atoms with Gasteiger partial charge in [-0.2, -0.15) is 0 Å². The van der Waals surface area contributed by atoms with Crippen LogP contribution in [0.1, 0.15) is 30.5 Å². The zero-order chi connectivity index (χ0) is 14.4. The molecule has 0 aliphatic carbocycles. The average molecular weight is 289 g/mol. The molecule has 20 heavy (non-hydrogen) atoms. The number of rotatable bonds is 5. The van der Waals surface area contributed by atoms with Gasteiger partial charge in [0.2, 0.25) is 5.91 Å². The Morgan fingerprint density at radius 2 is 2.00 bits per heavy atom. The fourth-order valence-corrected chi connectivity index (χ4v) is 2.14. The van der Waals surface area contributed by atoms with E-state index in [0.717, 1.165) is 11.3 Å². The number of amides is 1. The van der Waals surface area contributed by atoms with Crippen molar-refractivity contribution < 1.29 is 4.79 Å². The van der Waals surface area contributed by atoms with Gasteiger partial charge in [-0.05, 0) is 29.8 Å². The van der Waals surface area contributed by atoms with Gasteiger partial charge in [-0.1, -0.05) is 36.7 Å². The highest BCUT2D eigenvalue weighted by molar-refractivity contribution is 6.30. The Morgan fingerprint density at radius 3 is 2.60 bits per heavy atom. The van der Waals surface area contributed by atoms with E-state index in [-0.39, 0.29) is 11.8 Å². The Bertz CT molecular complexity index is 554. The van der Waals surface area contributed by atoms with Crippen molar-refractivity contribution >= 4 is 17.5 Å². The van der Waals surface area contributed by atoms with Crippen LogP contribution in [-0.2, 0) is 4.79 Å². The molecule has 4 heteroatoms. The quantitative estimate of drug-likeness (QED) is 0.916. The highest BCUT2D eigenvalue weighted by Gasteiger charge is 2.16. The summed E-state index contributed by atoms with van der Waals surface area (Å²) in [5, 5.41) is 3.63. The summed E-state index contributed by atoms with van der Waals surface area (Å²) in [5.74, 6) is 0.0730. The lowest BCUT2D eigenvalue weighted by Gasteiger charge is -2.17. The number of nitrogens with one attached hydrogen (secondary N) is 1. The Morgan fingerprint density at radius 1 is 1.25 bits per heavy atom. The van der Waals surface area contributed by atoms with Gasteiger partial charge in [0.25, 0.3) is 0 Å². The molecule has 3 nitrogen and oxygen atoms in total. The van der Waals surface area contributed by atoms with Crippen molar-refractivity contribution in [2.45, 2.75) is 19.3 Å². The van der Waals surface area contributed by atoms with Crippen molar-refractivity contribution in [1.82, 2.24) is 10.3 Å². The number of pyridine rings is 1. The van der Waals surface area contributed by atoms with Crippen LogP contribution in [0.15, 0.2) is 48.7 Å². The SMILES string of the molecule is CCC(=O)NCC(c1ccc(Cl)cc1)c1ccccn1. The molecule has 0 fully saturated rings. The number of carbonyl (C=O) groups is 1. The second kappa shape index (κ2) is 7.06. The lowest BCUT2D eigenvalue weighted by atomic mass is 9.95. The van der Waals surface area contributed by atoms with Crippen LogP contribution >= 0.6 is 11.6 Å². The first-order valence-corrected chi connectivity index (χ1v) is 7.01. The Balaban J connectivity index is 2.24. The molecule has 1 atom stereocenters. The van der Waals surface area contributed by atoms with Crippen molar-refractivity contribution in [3.05, 3.63) is 64.9 Å². The number of benzene rings is 1. The van der Waals surface area contributed by atoms with Gasteiger partial charge in [0.1, 0.15) is 0 Å². The fourth-order valence-electron chi connectivity index (χ4n) is 2.01. The van der Waals surface area contributed by atoms with Gasteiger partial charge in [-0.25, -0.2) is 0 Å². The lowest BCUT2D eigenvalue weighted by Crippen LogP contribution is -2.28. The molecule has 0 radical (unpaired) electrons. The van der Waals surface area contributed by atoms with E-state index >= 15 is 0 Å². The van der Waals surface area contributed by atoms with E-state index in [1.807, 2.05) is 49.4 Å². The maximum Gasteiger partial charge on any atom is 0.219 e. The zero-order valence-corrected chi connectivity index (χ0v) is 12.1. The minimum Gasteiger partial charge on any atom is -0.355 e. The fraction of sp³-hybridized carbons (Fsp3) is 0.250. The average Bonchev–Trinajstić information content (AvgIpc) is 2.50. The van der Waals surface area contributed by atoms with Gasteiger partial charge in [-0.15, -0.1) is 0 Å². The first-order chi connectivity index (χ1) is 9.70. The number of halogens is 1. The van der Waals surface area contributed by atoms with Crippen LogP contribution in [0, 0.1) is 0 Å². The van der Waals surface area contributed by atoms with E-state index < -0.39 is 0 Å². The summed E-state index contributed by atoms with van der Waals surface area (Å²) in [6.07, 6.45) is 2.25. The predicted molar refractivity (Wildman–Crippen MR) is 80.8 cm³/mol. The standard InChI is InChI=1S/C16H17ClN2O/c1-2-16(20)19-11-14(15-5-3-4-10-18-15)12-6-8-13(17)9-7-12/h3-10,14H,2,11H2,1H3,(H,19,20). The van der Waals surface area contributed by atoms with Crippen LogP contribution in [0.25, 0.3) is 0 Å². The van der Waals surface area contributed by atoms with E-state index in [1.54, 1.807) is 6.20 Å². The minimum atomic E-state index is 0.0315. The molecule has 1 heterocycles. The second-order valence-corrected chi connectivity index (χ2v) is 4.95. The number of hydrogen-bond acceptors (Lipinski definition) is 2. The molecule has 0 spiro atoms. The van der Waals surface area contributed by atoms with E-state index in [4.69, 9.17) is 11.6 Å². The first-order valence-electron chi connectivity index (χ1n) is 6.63. The van der Waals surface area contributed by atoms with Crippen LogP contribution < -0.4 is 5.32 Å². The molecule has 1 aromatic carbocycles. The van der Waals surface area contributed by atoms with Crippen LogP contribution in [0.3, 0.4) is 0 Å². The number of hydrogen-bond donors (Lipinski definition) is 1. The Labute approximate surface area is 124 Å². The third-order valence-electron chi connectivity index (χ3n) is 3.14. The molecule has 1 amide bonds. The van der Waals surface area contributed by atoms with E-state index in [9.17, 15) is 4.79 Å². The highest BCUT2D eigenvalue weighted by Crippen LogP contribution is 2.23. The first kappa shape index (κ1) is 14.5. The van der Waals surface area contributed by atoms with Crippen molar-refractivity contribution in [2.24, 2.45) is 0 Å². The Kier molecular flexibility index (Phi) is 5.13. The molecule has 0 saturated carbocycles. The van der Waals surface area contributed by atoms with Crippen molar-refractivity contribution in [3.63, 3.8) is 0 Å². The number of carbonyl (C=O) groups excluding carboxylic acids is 1. The topological polar surface area (TPSA) is 42.0 Å². The number of aromatic nitrogens is 1. The van der Waals surface area contributed by atoms with Crippen molar-refractivity contribution in [3.8, 4) is 0 Å². The molecule has 0 saturated heterocycles. The lowest BCUT2D eigenvalue weighted by molar-refractivity contribution is -0.120. The van der Waals surface area contributed by atoms with Gasteiger partial charge in [0, 0.05) is 35.8 Å².